The molecule has 0 saturated carbocycles. The predicted molar refractivity (Wildman–Crippen MR) is 41.5 cm³/mol. The van der Waals surface area contributed by atoms with Crippen LogP contribution in [0.15, 0.2) is 0 Å². The van der Waals surface area contributed by atoms with E-state index in [0.717, 1.165) is 0 Å². The Morgan fingerprint density at radius 3 is 2.43 bits per heavy atom. The third kappa shape index (κ3) is 1.73. The molecule has 0 aromatic rings. The average Bonchev–Trinajstić information content (AvgIpc) is 2.51. The summed E-state index contributed by atoms with van der Waals surface area (Å²) in [5.41, 5.74) is 0. The van der Waals surface area contributed by atoms with Gasteiger partial charge in [-0.05, 0) is 24.3 Å². The van der Waals surface area contributed by atoms with Gasteiger partial charge in [0.1, 0.15) is 0 Å². The van der Waals surface area contributed by atoms with Gasteiger partial charge < -0.3 is 0 Å². The van der Waals surface area contributed by atoms with Crippen molar-refractivity contribution in [2.75, 3.05) is 6.54 Å². The lowest BCUT2D eigenvalue weighted by Crippen LogP contribution is -2.49. The fourth-order valence-corrected chi connectivity index (χ4v) is 2.14. The van der Waals surface area contributed by atoms with Gasteiger partial charge >= 0.3 is 15.5 Å². The number of hydrogen-bond acceptors (Lipinski definition) is 4. The fourth-order valence-electron chi connectivity index (χ4n) is 1.50. The van der Waals surface area contributed by atoms with Crippen molar-refractivity contribution in [3.05, 3.63) is 0 Å². The summed E-state index contributed by atoms with van der Waals surface area (Å²) in [6.07, 6.45) is 0.913. The molecule has 14 heavy (non-hydrogen) atoms. The summed E-state index contributed by atoms with van der Waals surface area (Å²) in [5.74, 6) is 0. The van der Waals surface area contributed by atoms with Crippen LogP contribution in [-0.2, 0) is 14.5 Å². The summed E-state index contributed by atoms with van der Waals surface area (Å²) in [6.45, 7) is 1.37. The van der Waals surface area contributed by atoms with E-state index in [1.807, 2.05) is 0 Å². The zero-order valence-electron chi connectivity index (χ0n) is 7.41. The van der Waals surface area contributed by atoms with E-state index in [4.69, 9.17) is 0 Å². The van der Waals surface area contributed by atoms with E-state index in [-0.39, 0.29) is 6.54 Å². The standard InChI is InChI=1S/C6H10F3NO3S/c1-5-3-2-4-10(5)6(7,8)14(11,12)13-9/h5H,2-4H2,1H3. The first-order valence-corrected chi connectivity index (χ1v) is 5.43. The van der Waals surface area contributed by atoms with Crippen LogP contribution in [0, 0.1) is 0 Å². The molecule has 1 aliphatic rings. The molecule has 0 bridgehead atoms. The number of alkyl halides is 2. The van der Waals surface area contributed by atoms with Gasteiger partial charge in [0.25, 0.3) is 0 Å². The van der Waals surface area contributed by atoms with Crippen LogP contribution in [0.2, 0.25) is 0 Å². The molecule has 4 nitrogen and oxygen atoms in total. The van der Waals surface area contributed by atoms with Crippen LogP contribution in [-0.4, -0.2) is 31.3 Å². The molecule has 0 N–H and O–H groups in total. The van der Waals surface area contributed by atoms with E-state index in [1.54, 1.807) is 0 Å². The van der Waals surface area contributed by atoms with Crippen molar-refractivity contribution in [3.63, 3.8) is 0 Å². The van der Waals surface area contributed by atoms with Crippen LogP contribution in [0.25, 0.3) is 0 Å². The topological polar surface area (TPSA) is 46.6 Å². The molecule has 0 aromatic heterocycles. The molecular formula is C6H10F3NO3S. The first kappa shape index (κ1) is 11.7. The minimum atomic E-state index is -5.49. The molecule has 1 aliphatic heterocycles. The monoisotopic (exact) mass is 233 g/mol. The normalized spacial score (nSPS) is 25.6. The summed E-state index contributed by atoms with van der Waals surface area (Å²) in [5, 5.41) is -4.29. The zero-order valence-corrected chi connectivity index (χ0v) is 8.23. The Balaban J connectivity index is 2.95. The van der Waals surface area contributed by atoms with E-state index < -0.39 is 21.5 Å². The first-order chi connectivity index (χ1) is 6.33. The fraction of sp³-hybridized carbons (Fsp3) is 1.00. The van der Waals surface area contributed by atoms with E-state index in [0.29, 0.717) is 17.7 Å². The first-order valence-electron chi connectivity index (χ1n) is 4.02. The van der Waals surface area contributed by atoms with Crippen LogP contribution in [0.4, 0.5) is 13.3 Å². The van der Waals surface area contributed by atoms with E-state index in [9.17, 15) is 21.7 Å². The van der Waals surface area contributed by atoms with Crippen molar-refractivity contribution in [1.29, 1.82) is 0 Å². The lowest BCUT2D eigenvalue weighted by atomic mass is 10.2. The van der Waals surface area contributed by atoms with Gasteiger partial charge in [0.15, 0.2) is 0 Å². The average molecular weight is 233 g/mol. The Kier molecular flexibility index (Phi) is 3.07. The van der Waals surface area contributed by atoms with Crippen molar-refractivity contribution < 1.29 is 26.1 Å². The highest BCUT2D eigenvalue weighted by Gasteiger charge is 2.55. The summed E-state index contributed by atoms with van der Waals surface area (Å²) >= 11 is 0. The molecule has 1 atom stereocenters. The van der Waals surface area contributed by atoms with Gasteiger partial charge in [-0.2, -0.15) is 17.2 Å². The van der Waals surface area contributed by atoms with Crippen molar-refractivity contribution in [2.24, 2.45) is 0 Å². The largest absolute Gasteiger partial charge is 0.434 e. The summed E-state index contributed by atoms with van der Waals surface area (Å²) < 4.78 is 61.2. The van der Waals surface area contributed by atoms with Crippen LogP contribution in [0.1, 0.15) is 19.8 Å². The molecule has 0 aliphatic carbocycles. The minimum Gasteiger partial charge on any atom is -0.226 e. The maximum Gasteiger partial charge on any atom is 0.434 e. The van der Waals surface area contributed by atoms with Gasteiger partial charge in [-0.1, -0.05) is 4.39 Å². The second-order valence-corrected chi connectivity index (χ2v) is 4.71. The molecule has 0 amide bonds. The molecule has 1 unspecified atom stereocenters. The van der Waals surface area contributed by atoms with Crippen LogP contribution in [0.5, 0.6) is 0 Å². The molecule has 1 rings (SSSR count). The molecule has 1 fully saturated rings. The third-order valence-electron chi connectivity index (χ3n) is 2.27. The highest BCUT2D eigenvalue weighted by Crippen LogP contribution is 2.34. The number of halogens is 3. The van der Waals surface area contributed by atoms with E-state index in [1.165, 1.54) is 6.92 Å². The predicted octanol–water partition coefficient (Wildman–Crippen LogP) is 1.25. The molecule has 8 heteroatoms. The van der Waals surface area contributed by atoms with Gasteiger partial charge in [-0.3, -0.25) is 0 Å². The van der Waals surface area contributed by atoms with Gasteiger partial charge in [0, 0.05) is 12.6 Å². The summed E-state index contributed by atoms with van der Waals surface area (Å²) in [7, 11) is -5.49. The maximum atomic E-state index is 13.1. The minimum absolute atomic E-state index is 0.0866. The second-order valence-electron chi connectivity index (χ2n) is 3.19. The quantitative estimate of drug-likeness (QED) is 0.688. The van der Waals surface area contributed by atoms with Crippen LogP contribution >= 0.6 is 0 Å². The molecule has 84 valence electrons. The van der Waals surface area contributed by atoms with Gasteiger partial charge in [0.05, 0.1) is 0 Å². The summed E-state index contributed by atoms with van der Waals surface area (Å²) in [6, 6.07) is -0.602. The number of likely N-dealkylation sites (tertiary alicyclic amines) is 1. The van der Waals surface area contributed by atoms with Crippen LogP contribution < -0.4 is 0 Å². The highest BCUT2D eigenvalue weighted by molar-refractivity contribution is 7.87. The smallest absolute Gasteiger partial charge is 0.226 e. The Morgan fingerprint density at radius 1 is 1.50 bits per heavy atom. The molecule has 0 spiro atoms. The second kappa shape index (κ2) is 3.67. The Bertz CT molecular complexity index is 305. The third-order valence-corrected chi connectivity index (χ3v) is 3.27. The number of nitrogens with zero attached hydrogens (tertiary/aromatic N) is 1. The lowest BCUT2D eigenvalue weighted by molar-refractivity contribution is -0.105. The molecule has 1 saturated heterocycles. The Labute approximate surface area is 79.7 Å². The van der Waals surface area contributed by atoms with Gasteiger partial charge in [-0.25, -0.2) is 4.90 Å². The maximum absolute atomic E-state index is 13.1. The highest BCUT2D eigenvalue weighted by atomic mass is 32.2. The van der Waals surface area contributed by atoms with Crippen molar-refractivity contribution in [3.8, 4) is 0 Å². The van der Waals surface area contributed by atoms with E-state index in [2.05, 4.69) is 4.39 Å². The molecular weight excluding hydrogens is 223 g/mol. The van der Waals surface area contributed by atoms with Gasteiger partial charge in [-0.15, -0.1) is 0 Å². The van der Waals surface area contributed by atoms with Crippen molar-refractivity contribution in [1.82, 2.24) is 4.90 Å². The van der Waals surface area contributed by atoms with Crippen molar-refractivity contribution in [2.45, 2.75) is 31.2 Å². The molecule has 0 radical (unpaired) electrons. The number of rotatable bonds is 3. The lowest BCUT2D eigenvalue weighted by Gasteiger charge is -2.27. The van der Waals surface area contributed by atoms with E-state index >= 15 is 0 Å². The van der Waals surface area contributed by atoms with Crippen molar-refractivity contribution >= 4 is 10.1 Å². The Morgan fingerprint density at radius 2 is 2.07 bits per heavy atom. The SMILES string of the molecule is CC1CCCN1C(F)(F)S(=O)(=O)OF. The Hall–Kier alpha value is -0.340. The van der Waals surface area contributed by atoms with Crippen LogP contribution in [0.3, 0.4) is 0 Å². The zero-order chi connectivity index (χ0) is 11.0. The molecule has 1 heterocycles. The summed E-state index contributed by atoms with van der Waals surface area (Å²) in [4.78, 5) is 0.419. The number of hydrogen-bond donors (Lipinski definition) is 0. The molecule has 0 aromatic carbocycles. The van der Waals surface area contributed by atoms with Gasteiger partial charge in [0.2, 0.25) is 0 Å².